The van der Waals surface area contributed by atoms with Crippen molar-refractivity contribution < 1.29 is 9.47 Å². The first-order chi connectivity index (χ1) is 9.97. The first-order valence-electron chi connectivity index (χ1n) is 6.44. The van der Waals surface area contributed by atoms with E-state index in [0.29, 0.717) is 40.9 Å². The monoisotopic (exact) mass is 290 g/mol. The van der Waals surface area contributed by atoms with E-state index in [9.17, 15) is 0 Å². The molecule has 0 aliphatic rings. The Morgan fingerprint density at radius 1 is 0.810 bits per heavy atom. The fraction of sp³-hybridized carbons (Fsp3) is 0.200. The van der Waals surface area contributed by atoms with Crippen molar-refractivity contribution in [3.05, 3.63) is 36.4 Å². The Kier molecular flexibility index (Phi) is 6.00. The van der Waals surface area contributed by atoms with Crippen molar-refractivity contribution in [2.45, 2.75) is 6.92 Å². The molecular formula is C15H22N4O2. The van der Waals surface area contributed by atoms with Crippen molar-refractivity contribution in [1.82, 2.24) is 0 Å². The molecule has 0 saturated carbocycles. The Morgan fingerprint density at radius 3 is 1.67 bits per heavy atom. The van der Waals surface area contributed by atoms with Gasteiger partial charge in [-0.05, 0) is 43.3 Å². The van der Waals surface area contributed by atoms with Gasteiger partial charge in [-0.25, -0.2) is 0 Å². The summed E-state index contributed by atoms with van der Waals surface area (Å²) >= 11 is 0. The molecule has 0 heterocycles. The third-order valence-corrected chi connectivity index (χ3v) is 2.59. The molecule has 0 spiro atoms. The lowest BCUT2D eigenvalue weighted by Crippen LogP contribution is -1.97. The number of hydrogen-bond acceptors (Lipinski definition) is 6. The molecule has 6 heteroatoms. The van der Waals surface area contributed by atoms with E-state index >= 15 is 0 Å². The number of nitrogen functional groups attached to an aromatic ring is 4. The summed E-state index contributed by atoms with van der Waals surface area (Å²) < 4.78 is 10.1. The van der Waals surface area contributed by atoms with Crippen LogP contribution in [0.4, 0.5) is 22.7 Å². The molecule has 0 amide bonds. The summed E-state index contributed by atoms with van der Waals surface area (Å²) in [4.78, 5) is 0. The number of hydrogen-bond donors (Lipinski definition) is 4. The summed E-state index contributed by atoms with van der Waals surface area (Å²) in [7, 11) is 1.57. The molecule has 2 aromatic carbocycles. The van der Waals surface area contributed by atoms with Crippen LogP contribution in [0.25, 0.3) is 0 Å². The lowest BCUT2D eigenvalue weighted by Gasteiger charge is -2.06. The van der Waals surface area contributed by atoms with Crippen LogP contribution in [0, 0.1) is 0 Å². The first kappa shape index (κ1) is 16.3. The molecule has 2 rings (SSSR count). The van der Waals surface area contributed by atoms with Gasteiger partial charge in [-0.3, -0.25) is 0 Å². The SMILES string of the molecule is CCOc1ccc(N)cc1N.COc1ccc(N)cc1N. The number of methoxy groups -OCH3 is 1. The third-order valence-electron chi connectivity index (χ3n) is 2.59. The van der Waals surface area contributed by atoms with Crippen LogP contribution in [0.1, 0.15) is 6.92 Å². The molecule has 0 aliphatic carbocycles. The predicted molar refractivity (Wildman–Crippen MR) is 88.3 cm³/mol. The largest absolute Gasteiger partial charge is 0.495 e. The molecule has 21 heavy (non-hydrogen) atoms. The van der Waals surface area contributed by atoms with Gasteiger partial charge in [0.15, 0.2) is 0 Å². The zero-order valence-corrected chi connectivity index (χ0v) is 12.3. The second-order valence-corrected chi connectivity index (χ2v) is 4.23. The lowest BCUT2D eigenvalue weighted by atomic mass is 10.2. The van der Waals surface area contributed by atoms with E-state index in [2.05, 4.69) is 0 Å². The van der Waals surface area contributed by atoms with E-state index in [4.69, 9.17) is 32.4 Å². The van der Waals surface area contributed by atoms with Crippen molar-refractivity contribution in [2.75, 3.05) is 36.7 Å². The average molecular weight is 290 g/mol. The summed E-state index contributed by atoms with van der Waals surface area (Å²) in [6, 6.07) is 10.4. The van der Waals surface area contributed by atoms with Crippen LogP contribution in [0.15, 0.2) is 36.4 Å². The quantitative estimate of drug-likeness (QED) is 0.642. The minimum Gasteiger partial charge on any atom is -0.495 e. The Balaban J connectivity index is 0.000000211. The van der Waals surface area contributed by atoms with Gasteiger partial charge < -0.3 is 32.4 Å². The molecule has 0 aliphatic heterocycles. The average Bonchev–Trinajstić information content (AvgIpc) is 2.43. The number of rotatable bonds is 3. The van der Waals surface area contributed by atoms with Gasteiger partial charge in [0.05, 0.1) is 25.1 Å². The van der Waals surface area contributed by atoms with Crippen molar-refractivity contribution in [1.29, 1.82) is 0 Å². The van der Waals surface area contributed by atoms with Crippen LogP contribution in [0.2, 0.25) is 0 Å². The van der Waals surface area contributed by atoms with Crippen molar-refractivity contribution >= 4 is 22.7 Å². The zero-order chi connectivity index (χ0) is 15.8. The highest BCUT2D eigenvalue weighted by molar-refractivity contribution is 5.61. The molecule has 2 aromatic rings. The van der Waals surface area contributed by atoms with Crippen LogP contribution in [0.3, 0.4) is 0 Å². The molecule has 0 atom stereocenters. The van der Waals surface area contributed by atoms with Gasteiger partial charge in [0.25, 0.3) is 0 Å². The van der Waals surface area contributed by atoms with Gasteiger partial charge in [0, 0.05) is 11.4 Å². The van der Waals surface area contributed by atoms with Gasteiger partial charge in [-0.15, -0.1) is 0 Å². The summed E-state index contributed by atoms with van der Waals surface area (Å²) in [5, 5.41) is 0. The van der Waals surface area contributed by atoms with Crippen molar-refractivity contribution in [3.63, 3.8) is 0 Å². The molecule has 0 aromatic heterocycles. The molecule has 0 saturated heterocycles. The van der Waals surface area contributed by atoms with Gasteiger partial charge in [-0.1, -0.05) is 0 Å². The van der Waals surface area contributed by atoms with Crippen LogP contribution in [0.5, 0.6) is 11.5 Å². The number of nitrogens with two attached hydrogens (primary N) is 4. The van der Waals surface area contributed by atoms with E-state index in [1.807, 2.05) is 6.92 Å². The van der Waals surface area contributed by atoms with E-state index in [1.54, 1.807) is 43.5 Å². The number of ether oxygens (including phenoxy) is 2. The van der Waals surface area contributed by atoms with Gasteiger partial charge in [0.2, 0.25) is 0 Å². The zero-order valence-electron chi connectivity index (χ0n) is 12.3. The highest BCUT2D eigenvalue weighted by atomic mass is 16.5. The Hall–Kier alpha value is -2.76. The normalized spacial score (nSPS) is 9.43. The molecule has 0 bridgehead atoms. The number of anilines is 4. The van der Waals surface area contributed by atoms with E-state index in [1.165, 1.54) is 0 Å². The molecule has 114 valence electrons. The molecule has 8 N–H and O–H groups in total. The second kappa shape index (κ2) is 7.74. The van der Waals surface area contributed by atoms with Crippen molar-refractivity contribution in [3.8, 4) is 11.5 Å². The molecule has 0 fully saturated rings. The van der Waals surface area contributed by atoms with E-state index in [-0.39, 0.29) is 0 Å². The van der Waals surface area contributed by atoms with E-state index < -0.39 is 0 Å². The van der Waals surface area contributed by atoms with Crippen LogP contribution >= 0.6 is 0 Å². The third kappa shape index (κ3) is 5.02. The fourth-order valence-electron chi connectivity index (χ4n) is 1.61. The van der Waals surface area contributed by atoms with Gasteiger partial charge in [0.1, 0.15) is 11.5 Å². The minimum absolute atomic E-state index is 0.572. The molecule has 0 unspecified atom stereocenters. The maximum Gasteiger partial charge on any atom is 0.142 e. The fourth-order valence-corrected chi connectivity index (χ4v) is 1.61. The lowest BCUT2D eigenvalue weighted by molar-refractivity contribution is 0.342. The minimum atomic E-state index is 0.572. The smallest absolute Gasteiger partial charge is 0.142 e. The second-order valence-electron chi connectivity index (χ2n) is 4.23. The van der Waals surface area contributed by atoms with Crippen LogP contribution < -0.4 is 32.4 Å². The first-order valence-corrected chi connectivity index (χ1v) is 6.44. The van der Waals surface area contributed by atoms with Crippen LogP contribution in [-0.2, 0) is 0 Å². The Morgan fingerprint density at radius 2 is 1.29 bits per heavy atom. The van der Waals surface area contributed by atoms with Gasteiger partial charge in [-0.2, -0.15) is 0 Å². The topological polar surface area (TPSA) is 123 Å². The maximum atomic E-state index is 5.60. The summed E-state index contributed by atoms with van der Waals surface area (Å²) in [5.74, 6) is 1.36. The van der Waals surface area contributed by atoms with E-state index in [0.717, 1.165) is 0 Å². The highest BCUT2D eigenvalue weighted by Gasteiger charge is 1.98. The standard InChI is InChI=1S/C8H12N2O.C7H10N2O/c1-2-11-8-4-3-6(9)5-7(8)10;1-10-7-3-2-5(8)4-6(7)9/h3-5H,2,9-10H2,1H3;2-4H,8-9H2,1H3. The Labute approximate surface area is 124 Å². The highest BCUT2D eigenvalue weighted by Crippen LogP contribution is 2.23. The summed E-state index contributed by atoms with van der Waals surface area (Å²) in [6.07, 6.45) is 0. The summed E-state index contributed by atoms with van der Waals surface area (Å²) in [5.41, 5.74) is 24.5. The van der Waals surface area contributed by atoms with Crippen LogP contribution in [-0.4, -0.2) is 13.7 Å². The molecule has 0 radical (unpaired) electrons. The van der Waals surface area contributed by atoms with Crippen molar-refractivity contribution in [2.24, 2.45) is 0 Å². The predicted octanol–water partition coefficient (Wildman–Crippen LogP) is 2.11. The Bertz CT molecular complexity index is 588. The maximum absolute atomic E-state index is 5.60. The van der Waals surface area contributed by atoms with Gasteiger partial charge >= 0.3 is 0 Å². The summed E-state index contributed by atoms with van der Waals surface area (Å²) in [6.45, 7) is 2.53. The molecule has 6 nitrogen and oxygen atoms in total. The number of benzene rings is 2. The molecular weight excluding hydrogens is 268 g/mol.